The maximum Gasteiger partial charge on any atom is 0.335 e. The Kier molecular flexibility index (Phi) is 7.05. The molecule has 0 aromatic heterocycles. The van der Waals surface area contributed by atoms with E-state index in [0.717, 1.165) is 39.1 Å². The molecule has 0 radical (unpaired) electrons. The number of hydrogen-bond donors (Lipinski definition) is 2. The van der Waals surface area contributed by atoms with Crippen LogP contribution in [0.4, 0.5) is 5.69 Å². The summed E-state index contributed by atoms with van der Waals surface area (Å²) in [7, 11) is 0. The van der Waals surface area contributed by atoms with E-state index in [1.54, 1.807) is 17.1 Å². The van der Waals surface area contributed by atoms with Gasteiger partial charge in [0.05, 0.1) is 23.0 Å². The van der Waals surface area contributed by atoms with Crippen molar-refractivity contribution in [3.8, 4) is 0 Å². The standard InChI is InChI=1S/C28H23ClN4O4S/c1-16-2-4-17(5-3-16)22-14-23(18-6-10-20(29)11-7-18)33(31-22)28(30)38-24-15-25(34)32(26(24)35)21-12-8-19(9-13-21)27(36)37/h2-13,23-24,30H,14-15H2,1H3,(H,36,37)/t23-,24+/m0/s1. The van der Waals surface area contributed by atoms with Crippen molar-refractivity contribution in [2.45, 2.75) is 31.1 Å². The monoisotopic (exact) mass is 546 g/mol. The molecule has 3 aromatic carbocycles. The molecule has 0 bridgehead atoms. The molecule has 192 valence electrons. The third-order valence-electron chi connectivity index (χ3n) is 6.49. The topological polar surface area (TPSA) is 114 Å². The minimum Gasteiger partial charge on any atom is -0.478 e. The molecule has 8 nitrogen and oxygen atoms in total. The summed E-state index contributed by atoms with van der Waals surface area (Å²) in [5, 5.41) is 24.2. The number of carboxylic acids is 1. The quantitative estimate of drug-likeness (QED) is 0.248. The van der Waals surface area contributed by atoms with Gasteiger partial charge in [-0.05, 0) is 54.4 Å². The van der Waals surface area contributed by atoms with E-state index in [2.05, 4.69) is 0 Å². The van der Waals surface area contributed by atoms with E-state index in [0.29, 0.717) is 17.1 Å². The van der Waals surface area contributed by atoms with Crippen LogP contribution in [-0.2, 0) is 9.59 Å². The van der Waals surface area contributed by atoms with E-state index in [1.165, 1.54) is 24.3 Å². The lowest BCUT2D eigenvalue weighted by Gasteiger charge is -2.24. The zero-order valence-corrected chi connectivity index (χ0v) is 21.9. The highest BCUT2D eigenvalue weighted by molar-refractivity contribution is 8.14. The summed E-state index contributed by atoms with van der Waals surface area (Å²) in [6, 6.07) is 20.7. The highest BCUT2D eigenvalue weighted by atomic mass is 35.5. The first-order chi connectivity index (χ1) is 18.2. The minimum absolute atomic E-state index is 0.0567. The number of imide groups is 1. The van der Waals surface area contributed by atoms with Crippen molar-refractivity contribution in [2.75, 3.05) is 4.90 Å². The predicted molar refractivity (Wildman–Crippen MR) is 148 cm³/mol. The summed E-state index contributed by atoms with van der Waals surface area (Å²) in [6.07, 6.45) is 0.494. The number of hydrazone groups is 1. The molecule has 0 unspecified atom stereocenters. The lowest BCUT2D eigenvalue weighted by atomic mass is 9.98. The summed E-state index contributed by atoms with van der Waals surface area (Å²) in [5.41, 5.74) is 4.21. The normalized spacial score (nSPS) is 19.2. The Bertz CT molecular complexity index is 1460. The molecule has 2 aliphatic rings. The number of rotatable bonds is 5. The average molecular weight is 547 g/mol. The summed E-state index contributed by atoms with van der Waals surface area (Å²) >= 11 is 7.09. The minimum atomic E-state index is -1.09. The fourth-order valence-electron chi connectivity index (χ4n) is 4.47. The number of carbonyl (C=O) groups is 3. The third kappa shape index (κ3) is 5.07. The van der Waals surface area contributed by atoms with Gasteiger partial charge in [0.2, 0.25) is 11.8 Å². The fourth-order valence-corrected chi connectivity index (χ4v) is 5.58. The van der Waals surface area contributed by atoms with Crippen molar-refractivity contribution in [3.63, 3.8) is 0 Å². The highest BCUT2D eigenvalue weighted by Gasteiger charge is 2.42. The Balaban J connectivity index is 1.38. The van der Waals surface area contributed by atoms with E-state index >= 15 is 0 Å². The molecular formula is C28H23ClN4O4S. The van der Waals surface area contributed by atoms with E-state index in [1.807, 2.05) is 43.3 Å². The average Bonchev–Trinajstić information content (AvgIpc) is 3.46. The van der Waals surface area contributed by atoms with Crippen molar-refractivity contribution in [3.05, 3.63) is 100 Å². The number of aryl methyl sites for hydroxylation is 1. The Labute approximate surface area is 228 Å². The van der Waals surface area contributed by atoms with E-state index in [4.69, 9.17) is 27.2 Å². The third-order valence-corrected chi connectivity index (χ3v) is 7.80. The number of amides is 2. The molecule has 2 amide bonds. The fraction of sp³-hybridized carbons (Fsp3) is 0.179. The molecule has 2 N–H and O–H groups in total. The van der Waals surface area contributed by atoms with Gasteiger partial charge in [0.1, 0.15) is 5.25 Å². The second-order valence-electron chi connectivity index (χ2n) is 9.06. The van der Waals surface area contributed by atoms with Gasteiger partial charge < -0.3 is 5.11 Å². The van der Waals surface area contributed by atoms with Gasteiger partial charge in [-0.2, -0.15) is 5.10 Å². The van der Waals surface area contributed by atoms with Crippen molar-refractivity contribution in [1.82, 2.24) is 5.01 Å². The largest absolute Gasteiger partial charge is 0.478 e. The number of nitrogens with one attached hydrogen (secondary N) is 1. The molecular weight excluding hydrogens is 524 g/mol. The van der Waals surface area contributed by atoms with Gasteiger partial charge in [0.15, 0.2) is 5.17 Å². The number of carboxylic acid groups (broad SMARTS) is 1. The number of carbonyl (C=O) groups excluding carboxylic acids is 2. The highest BCUT2D eigenvalue weighted by Crippen LogP contribution is 2.38. The lowest BCUT2D eigenvalue weighted by Crippen LogP contribution is -2.32. The van der Waals surface area contributed by atoms with Gasteiger partial charge in [-0.25, -0.2) is 14.7 Å². The van der Waals surface area contributed by atoms with Crippen molar-refractivity contribution in [2.24, 2.45) is 5.10 Å². The van der Waals surface area contributed by atoms with Crippen LogP contribution in [0.25, 0.3) is 0 Å². The lowest BCUT2D eigenvalue weighted by molar-refractivity contribution is -0.121. The van der Waals surface area contributed by atoms with Crippen molar-refractivity contribution >= 4 is 57.7 Å². The van der Waals surface area contributed by atoms with Gasteiger partial charge >= 0.3 is 5.97 Å². The van der Waals surface area contributed by atoms with Crippen molar-refractivity contribution in [1.29, 1.82) is 5.41 Å². The Hall–Kier alpha value is -3.95. The molecule has 3 aromatic rings. The second-order valence-corrected chi connectivity index (χ2v) is 10.7. The molecule has 0 spiro atoms. The molecule has 2 atom stereocenters. The van der Waals surface area contributed by atoms with Gasteiger partial charge in [0, 0.05) is 17.9 Å². The maximum absolute atomic E-state index is 13.2. The van der Waals surface area contributed by atoms with E-state index in [9.17, 15) is 14.4 Å². The van der Waals surface area contributed by atoms with Crippen LogP contribution < -0.4 is 4.90 Å². The molecule has 0 saturated carbocycles. The molecule has 1 saturated heterocycles. The zero-order chi connectivity index (χ0) is 27.0. The zero-order valence-electron chi connectivity index (χ0n) is 20.3. The van der Waals surface area contributed by atoms with Gasteiger partial charge in [-0.1, -0.05) is 65.3 Å². The molecule has 10 heteroatoms. The molecule has 0 aliphatic carbocycles. The van der Waals surface area contributed by atoms with Crippen LogP contribution in [0.1, 0.15) is 45.9 Å². The Morgan fingerprint density at radius 2 is 1.66 bits per heavy atom. The summed E-state index contributed by atoms with van der Waals surface area (Å²) in [4.78, 5) is 38.1. The first-order valence-electron chi connectivity index (χ1n) is 11.9. The van der Waals surface area contributed by atoms with Gasteiger partial charge in [0.25, 0.3) is 0 Å². The number of benzene rings is 3. The van der Waals surface area contributed by atoms with E-state index in [-0.39, 0.29) is 23.2 Å². The van der Waals surface area contributed by atoms with Crippen LogP contribution in [0.15, 0.2) is 77.9 Å². The van der Waals surface area contributed by atoms with Crippen molar-refractivity contribution < 1.29 is 19.5 Å². The van der Waals surface area contributed by atoms with Crippen LogP contribution in [-0.4, -0.2) is 44.0 Å². The number of hydrogen-bond acceptors (Lipinski definition) is 6. The number of amidine groups is 1. The van der Waals surface area contributed by atoms with E-state index < -0.39 is 23.0 Å². The Morgan fingerprint density at radius 3 is 2.29 bits per heavy atom. The van der Waals surface area contributed by atoms with Gasteiger partial charge in [-0.15, -0.1) is 0 Å². The number of aromatic carboxylic acids is 1. The van der Waals surface area contributed by atoms with Crippen LogP contribution in [0.3, 0.4) is 0 Å². The number of thioether (sulfide) groups is 1. The van der Waals surface area contributed by atoms with Crippen LogP contribution in [0.5, 0.6) is 0 Å². The maximum atomic E-state index is 13.2. The summed E-state index contributed by atoms with van der Waals surface area (Å²) in [5.74, 6) is -1.94. The molecule has 2 aliphatic heterocycles. The first kappa shape index (κ1) is 25.7. The summed E-state index contributed by atoms with van der Waals surface area (Å²) in [6.45, 7) is 2.01. The summed E-state index contributed by atoms with van der Waals surface area (Å²) < 4.78 is 0. The van der Waals surface area contributed by atoms with Crippen LogP contribution in [0.2, 0.25) is 5.02 Å². The van der Waals surface area contributed by atoms with Gasteiger partial charge in [-0.3, -0.25) is 15.0 Å². The number of halogens is 1. The molecule has 38 heavy (non-hydrogen) atoms. The first-order valence-corrected chi connectivity index (χ1v) is 13.1. The molecule has 2 heterocycles. The molecule has 1 fully saturated rings. The number of nitrogens with zero attached hydrogens (tertiary/aromatic N) is 3. The Morgan fingerprint density at radius 1 is 1.00 bits per heavy atom. The van der Waals surface area contributed by atoms with Crippen LogP contribution >= 0.6 is 23.4 Å². The smallest absolute Gasteiger partial charge is 0.335 e. The number of anilines is 1. The van der Waals surface area contributed by atoms with Crippen LogP contribution in [0, 0.1) is 12.3 Å². The SMILES string of the molecule is Cc1ccc(C2=NN(C(=N)S[C@@H]3CC(=O)N(c4ccc(C(=O)O)cc4)C3=O)[C@H](c3ccc(Cl)cc3)C2)cc1. The second kappa shape index (κ2) is 10.4. The predicted octanol–water partition coefficient (Wildman–Crippen LogP) is 5.50. The molecule has 5 rings (SSSR count).